The number of nitrogens with zero attached hydrogens (tertiary/aromatic N) is 2. The Morgan fingerprint density at radius 3 is 2.42 bits per heavy atom. The molecule has 1 unspecified atom stereocenters. The highest BCUT2D eigenvalue weighted by Gasteiger charge is 2.24. The molecule has 2 amide bonds. The molecule has 1 saturated heterocycles. The van der Waals surface area contributed by atoms with Gasteiger partial charge in [-0.2, -0.15) is 0 Å². The quantitative estimate of drug-likeness (QED) is 0.904. The normalized spacial score (nSPS) is 18.1. The molecule has 1 aliphatic rings. The molecule has 2 rings (SSSR count). The van der Waals surface area contributed by atoms with E-state index in [0.717, 1.165) is 26.2 Å². The van der Waals surface area contributed by atoms with Gasteiger partial charge in [-0.05, 0) is 19.4 Å². The lowest BCUT2D eigenvalue weighted by molar-refractivity contribution is 0.114. The molecule has 0 aliphatic carbocycles. The third kappa shape index (κ3) is 3.47. The predicted molar refractivity (Wildman–Crippen MR) is 77.1 cm³/mol. The van der Waals surface area contributed by atoms with Crippen LogP contribution in [0, 0.1) is 0 Å². The Hall–Kier alpha value is -1.55. The van der Waals surface area contributed by atoms with Gasteiger partial charge in [-0.3, -0.25) is 4.90 Å². The second-order valence-electron chi connectivity index (χ2n) is 4.95. The average molecular weight is 261 g/mol. The highest BCUT2D eigenvalue weighted by atomic mass is 16.2. The van der Waals surface area contributed by atoms with Crippen LogP contribution in [0.2, 0.25) is 0 Å². The van der Waals surface area contributed by atoms with Gasteiger partial charge in [-0.25, -0.2) is 4.79 Å². The van der Waals surface area contributed by atoms with Crippen LogP contribution in [-0.2, 0) is 0 Å². The molecule has 0 aromatic heterocycles. The summed E-state index contributed by atoms with van der Waals surface area (Å²) >= 11 is 0. The van der Waals surface area contributed by atoms with Crippen molar-refractivity contribution in [1.82, 2.24) is 15.1 Å². The molecule has 0 bridgehead atoms. The van der Waals surface area contributed by atoms with Crippen LogP contribution in [-0.4, -0.2) is 48.6 Å². The number of benzene rings is 1. The minimum absolute atomic E-state index is 0.0644. The zero-order valence-corrected chi connectivity index (χ0v) is 11.8. The highest BCUT2D eigenvalue weighted by molar-refractivity contribution is 5.74. The fourth-order valence-corrected chi connectivity index (χ4v) is 2.52. The molecule has 4 nitrogen and oxygen atoms in total. The van der Waals surface area contributed by atoms with Crippen molar-refractivity contribution >= 4 is 6.03 Å². The van der Waals surface area contributed by atoms with Crippen LogP contribution >= 0.6 is 0 Å². The second kappa shape index (κ2) is 6.57. The van der Waals surface area contributed by atoms with Crippen molar-refractivity contribution in [3.8, 4) is 0 Å². The molecule has 1 fully saturated rings. The van der Waals surface area contributed by atoms with E-state index in [9.17, 15) is 4.79 Å². The maximum Gasteiger partial charge on any atom is 0.317 e. The van der Waals surface area contributed by atoms with Gasteiger partial charge in [-0.15, -0.1) is 0 Å². The van der Waals surface area contributed by atoms with Crippen molar-refractivity contribution in [1.29, 1.82) is 0 Å². The van der Waals surface area contributed by atoms with Crippen molar-refractivity contribution in [2.75, 3.05) is 32.7 Å². The van der Waals surface area contributed by atoms with E-state index >= 15 is 0 Å². The number of urea groups is 1. The number of nitrogens with one attached hydrogen (secondary N) is 1. The summed E-state index contributed by atoms with van der Waals surface area (Å²) in [6.07, 6.45) is 0. The van der Waals surface area contributed by atoms with Crippen molar-refractivity contribution in [3.63, 3.8) is 0 Å². The molecule has 1 heterocycles. The second-order valence-corrected chi connectivity index (χ2v) is 4.95. The van der Waals surface area contributed by atoms with Gasteiger partial charge in [0.2, 0.25) is 0 Å². The number of amides is 2. The number of carbonyl (C=O) groups is 1. The topological polar surface area (TPSA) is 35.6 Å². The average Bonchev–Trinajstić information content (AvgIpc) is 2.48. The van der Waals surface area contributed by atoms with E-state index in [1.807, 2.05) is 17.9 Å². The van der Waals surface area contributed by atoms with Gasteiger partial charge >= 0.3 is 6.03 Å². The van der Waals surface area contributed by atoms with E-state index in [0.29, 0.717) is 12.6 Å². The fourth-order valence-electron chi connectivity index (χ4n) is 2.52. The van der Waals surface area contributed by atoms with Crippen molar-refractivity contribution in [2.24, 2.45) is 0 Å². The number of rotatable bonds is 3. The lowest BCUT2D eigenvalue weighted by Crippen LogP contribution is -2.52. The number of hydrogen-bond acceptors (Lipinski definition) is 2. The predicted octanol–water partition coefficient (Wildman–Crippen LogP) is 2.09. The summed E-state index contributed by atoms with van der Waals surface area (Å²) in [6, 6.07) is 11.0. The van der Waals surface area contributed by atoms with Gasteiger partial charge in [0.1, 0.15) is 0 Å². The number of carbonyl (C=O) groups excluding carboxylic acids is 1. The minimum atomic E-state index is 0.0644. The lowest BCUT2D eigenvalue weighted by atomic mass is 10.1. The SMILES string of the molecule is CCNC(=O)N1CCN(C(C)c2ccccc2)CC1. The Kier molecular flexibility index (Phi) is 4.80. The molecule has 1 aromatic rings. The summed E-state index contributed by atoms with van der Waals surface area (Å²) in [7, 11) is 0. The molecule has 4 heteroatoms. The molecule has 1 aromatic carbocycles. The molecule has 0 radical (unpaired) electrons. The smallest absolute Gasteiger partial charge is 0.317 e. The van der Waals surface area contributed by atoms with Crippen LogP contribution in [0.25, 0.3) is 0 Å². The summed E-state index contributed by atoms with van der Waals surface area (Å²) in [4.78, 5) is 16.1. The number of piperazine rings is 1. The number of hydrogen-bond donors (Lipinski definition) is 1. The van der Waals surface area contributed by atoms with Crippen LogP contribution < -0.4 is 5.32 Å². The van der Waals surface area contributed by atoms with Gasteiger partial charge in [-0.1, -0.05) is 30.3 Å². The fraction of sp³-hybridized carbons (Fsp3) is 0.533. The molecule has 104 valence electrons. The molecular weight excluding hydrogens is 238 g/mol. The van der Waals surface area contributed by atoms with Gasteiger partial charge < -0.3 is 10.2 Å². The zero-order valence-electron chi connectivity index (χ0n) is 11.8. The Labute approximate surface area is 115 Å². The van der Waals surface area contributed by atoms with E-state index in [-0.39, 0.29) is 6.03 Å². The first-order valence-corrected chi connectivity index (χ1v) is 7.04. The maximum absolute atomic E-state index is 11.7. The van der Waals surface area contributed by atoms with Crippen LogP contribution in [0.15, 0.2) is 30.3 Å². The first kappa shape index (κ1) is 13.9. The van der Waals surface area contributed by atoms with Crippen molar-refractivity contribution in [2.45, 2.75) is 19.9 Å². The molecule has 19 heavy (non-hydrogen) atoms. The van der Waals surface area contributed by atoms with E-state index in [4.69, 9.17) is 0 Å². The van der Waals surface area contributed by atoms with E-state index in [2.05, 4.69) is 41.4 Å². The zero-order chi connectivity index (χ0) is 13.7. The molecular formula is C15H23N3O. The molecule has 1 aliphatic heterocycles. The van der Waals surface area contributed by atoms with Crippen molar-refractivity contribution < 1.29 is 4.79 Å². The van der Waals surface area contributed by atoms with Gasteiger partial charge in [0.05, 0.1) is 0 Å². The molecule has 0 spiro atoms. The summed E-state index contributed by atoms with van der Waals surface area (Å²) in [6.45, 7) is 8.37. The monoisotopic (exact) mass is 261 g/mol. The summed E-state index contributed by atoms with van der Waals surface area (Å²) in [5, 5.41) is 2.86. The van der Waals surface area contributed by atoms with Crippen LogP contribution in [0.3, 0.4) is 0 Å². The van der Waals surface area contributed by atoms with E-state index in [1.165, 1.54) is 5.56 Å². The van der Waals surface area contributed by atoms with Gasteiger partial charge in [0.15, 0.2) is 0 Å². The van der Waals surface area contributed by atoms with E-state index < -0.39 is 0 Å². The molecule has 1 N–H and O–H groups in total. The molecule has 0 saturated carbocycles. The Morgan fingerprint density at radius 1 is 1.21 bits per heavy atom. The first-order chi connectivity index (χ1) is 9.22. The van der Waals surface area contributed by atoms with Crippen molar-refractivity contribution in [3.05, 3.63) is 35.9 Å². The van der Waals surface area contributed by atoms with Crippen LogP contribution in [0.5, 0.6) is 0 Å². The Balaban J connectivity index is 1.88. The largest absolute Gasteiger partial charge is 0.338 e. The van der Waals surface area contributed by atoms with Gasteiger partial charge in [0.25, 0.3) is 0 Å². The maximum atomic E-state index is 11.7. The van der Waals surface area contributed by atoms with Crippen LogP contribution in [0.4, 0.5) is 4.79 Å². The third-order valence-electron chi connectivity index (χ3n) is 3.76. The van der Waals surface area contributed by atoms with Crippen LogP contribution in [0.1, 0.15) is 25.5 Å². The minimum Gasteiger partial charge on any atom is -0.338 e. The highest BCUT2D eigenvalue weighted by Crippen LogP contribution is 2.21. The first-order valence-electron chi connectivity index (χ1n) is 7.04. The molecule has 1 atom stereocenters. The van der Waals surface area contributed by atoms with Gasteiger partial charge in [0, 0.05) is 38.8 Å². The summed E-state index contributed by atoms with van der Waals surface area (Å²) in [5.41, 5.74) is 1.34. The summed E-state index contributed by atoms with van der Waals surface area (Å²) in [5.74, 6) is 0. The van der Waals surface area contributed by atoms with E-state index in [1.54, 1.807) is 0 Å². The third-order valence-corrected chi connectivity index (χ3v) is 3.76. The Morgan fingerprint density at radius 2 is 1.84 bits per heavy atom. The lowest BCUT2D eigenvalue weighted by Gasteiger charge is -2.38. The standard InChI is InChI=1S/C15H23N3O/c1-3-16-15(19)18-11-9-17(10-12-18)13(2)14-7-5-4-6-8-14/h4-8,13H,3,9-12H2,1-2H3,(H,16,19). The summed E-state index contributed by atoms with van der Waals surface area (Å²) < 4.78 is 0. The Bertz CT molecular complexity index is 399.